The molecule has 2 unspecified atom stereocenters. The standard InChI is InChI=1S/C15H23F2NO2/c1-10(2)18-15(4,9-19)8-11(3)20-14-6-12(16)5-13(17)7-14/h5-7,10-11,18-19H,8-9H2,1-4H3. The Morgan fingerprint density at radius 3 is 2.20 bits per heavy atom. The van der Waals surface area contributed by atoms with E-state index in [0.717, 1.165) is 18.2 Å². The third kappa shape index (κ3) is 5.43. The molecule has 0 aliphatic rings. The lowest BCUT2D eigenvalue weighted by atomic mass is 9.94. The second-order valence-corrected chi connectivity index (χ2v) is 5.76. The van der Waals surface area contributed by atoms with E-state index in [1.54, 1.807) is 6.92 Å². The van der Waals surface area contributed by atoms with Gasteiger partial charge in [-0.1, -0.05) is 13.8 Å². The highest BCUT2D eigenvalue weighted by atomic mass is 19.1. The first kappa shape index (κ1) is 16.9. The molecule has 20 heavy (non-hydrogen) atoms. The minimum Gasteiger partial charge on any atom is -0.490 e. The van der Waals surface area contributed by atoms with Gasteiger partial charge >= 0.3 is 0 Å². The van der Waals surface area contributed by atoms with Crippen LogP contribution >= 0.6 is 0 Å². The summed E-state index contributed by atoms with van der Waals surface area (Å²) in [5.74, 6) is -1.19. The SMILES string of the molecule is CC(C)NC(C)(CO)CC(C)Oc1cc(F)cc(F)c1. The molecule has 2 atom stereocenters. The van der Waals surface area contributed by atoms with E-state index in [2.05, 4.69) is 5.32 Å². The fourth-order valence-corrected chi connectivity index (χ4v) is 2.37. The van der Waals surface area contributed by atoms with E-state index in [0.29, 0.717) is 6.42 Å². The molecule has 1 aromatic rings. The van der Waals surface area contributed by atoms with E-state index < -0.39 is 17.2 Å². The first-order valence-electron chi connectivity index (χ1n) is 6.75. The molecule has 0 fully saturated rings. The van der Waals surface area contributed by atoms with Crippen LogP contribution in [0.15, 0.2) is 18.2 Å². The zero-order valence-corrected chi connectivity index (χ0v) is 12.4. The van der Waals surface area contributed by atoms with Gasteiger partial charge in [0, 0.05) is 36.2 Å². The molecule has 0 aromatic heterocycles. The number of halogens is 2. The van der Waals surface area contributed by atoms with Crippen molar-refractivity contribution < 1.29 is 18.6 Å². The Kier molecular flexibility index (Phi) is 5.89. The van der Waals surface area contributed by atoms with Crippen molar-refractivity contribution in [2.24, 2.45) is 0 Å². The van der Waals surface area contributed by atoms with Crippen LogP contribution in [0.3, 0.4) is 0 Å². The molecular weight excluding hydrogens is 264 g/mol. The summed E-state index contributed by atoms with van der Waals surface area (Å²) in [6, 6.07) is 3.30. The van der Waals surface area contributed by atoms with Crippen LogP contribution in [-0.2, 0) is 0 Å². The summed E-state index contributed by atoms with van der Waals surface area (Å²) in [6.45, 7) is 7.62. The van der Waals surface area contributed by atoms with Crippen molar-refractivity contribution in [2.45, 2.75) is 51.8 Å². The number of benzene rings is 1. The van der Waals surface area contributed by atoms with Crippen LogP contribution < -0.4 is 10.1 Å². The third-order valence-corrected chi connectivity index (χ3v) is 2.90. The molecule has 1 rings (SSSR count). The van der Waals surface area contributed by atoms with Crippen molar-refractivity contribution in [2.75, 3.05) is 6.61 Å². The molecular formula is C15H23F2NO2. The average Bonchev–Trinajstić information content (AvgIpc) is 2.25. The van der Waals surface area contributed by atoms with Crippen molar-refractivity contribution >= 4 is 0 Å². The summed E-state index contributed by atoms with van der Waals surface area (Å²) >= 11 is 0. The molecule has 0 amide bonds. The van der Waals surface area contributed by atoms with E-state index in [9.17, 15) is 13.9 Å². The van der Waals surface area contributed by atoms with Crippen molar-refractivity contribution in [1.82, 2.24) is 5.32 Å². The molecule has 5 heteroatoms. The van der Waals surface area contributed by atoms with Gasteiger partial charge in [-0.3, -0.25) is 0 Å². The van der Waals surface area contributed by atoms with Crippen LogP contribution in [0.25, 0.3) is 0 Å². The van der Waals surface area contributed by atoms with E-state index in [1.807, 2.05) is 20.8 Å². The molecule has 0 heterocycles. The molecule has 0 bridgehead atoms. The lowest BCUT2D eigenvalue weighted by Gasteiger charge is -2.33. The Morgan fingerprint density at radius 2 is 1.75 bits per heavy atom. The smallest absolute Gasteiger partial charge is 0.129 e. The molecule has 0 radical (unpaired) electrons. The van der Waals surface area contributed by atoms with E-state index in [4.69, 9.17) is 4.74 Å². The van der Waals surface area contributed by atoms with E-state index in [1.165, 1.54) is 0 Å². The van der Waals surface area contributed by atoms with Gasteiger partial charge in [0.2, 0.25) is 0 Å². The molecule has 2 N–H and O–H groups in total. The van der Waals surface area contributed by atoms with E-state index in [-0.39, 0.29) is 24.5 Å². The fourth-order valence-electron chi connectivity index (χ4n) is 2.37. The Labute approximate surface area is 119 Å². The molecule has 0 saturated carbocycles. The van der Waals surface area contributed by atoms with Crippen LogP contribution in [0.1, 0.15) is 34.1 Å². The Morgan fingerprint density at radius 1 is 1.20 bits per heavy atom. The number of rotatable bonds is 7. The van der Waals surface area contributed by atoms with Gasteiger partial charge in [0.25, 0.3) is 0 Å². The number of aliphatic hydroxyl groups is 1. The Balaban J connectivity index is 2.68. The number of ether oxygens (including phenoxy) is 1. The predicted octanol–water partition coefficient (Wildman–Crippen LogP) is 2.87. The number of hydrogen-bond donors (Lipinski definition) is 2. The first-order chi connectivity index (χ1) is 9.24. The van der Waals surface area contributed by atoms with Crippen LogP contribution in [0.2, 0.25) is 0 Å². The van der Waals surface area contributed by atoms with Gasteiger partial charge < -0.3 is 15.2 Å². The number of hydrogen-bond acceptors (Lipinski definition) is 3. The van der Waals surface area contributed by atoms with Crippen LogP contribution in [0, 0.1) is 11.6 Å². The topological polar surface area (TPSA) is 41.5 Å². The van der Waals surface area contributed by atoms with Gasteiger partial charge in [-0.05, 0) is 13.8 Å². The summed E-state index contributed by atoms with van der Waals surface area (Å²) < 4.78 is 31.7. The molecule has 0 aliphatic carbocycles. The van der Waals surface area contributed by atoms with Crippen molar-refractivity contribution in [3.63, 3.8) is 0 Å². The van der Waals surface area contributed by atoms with Crippen LogP contribution in [0.4, 0.5) is 8.78 Å². The largest absolute Gasteiger partial charge is 0.490 e. The molecule has 0 aliphatic heterocycles. The van der Waals surface area contributed by atoms with Crippen LogP contribution in [-0.4, -0.2) is 29.4 Å². The van der Waals surface area contributed by atoms with Gasteiger partial charge in [-0.25, -0.2) is 8.78 Å². The highest BCUT2D eigenvalue weighted by Crippen LogP contribution is 2.21. The van der Waals surface area contributed by atoms with Gasteiger partial charge in [-0.15, -0.1) is 0 Å². The summed E-state index contributed by atoms with van der Waals surface area (Å²) in [5.41, 5.74) is -0.501. The van der Waals surface area contributed by atoms with Crippen molar-refractivity contribution in [3.05, 3.63) is 29.8 Å². The summed E-state index contributed by atoms with van der Waals surface area (Å²) in [6.07, 6.45) is 0.222. The van der Waals surface area contributed by atoms with Gasteiger partial charge in [0.1, 0.15) is 17.4 Å². The van der Waals surface area contributed by atoms with Gasteiger partial charge in [-0.2, -0.15) is 0 Å². The molecule has 114 valence electrons. The monoisotopic (exact) mass is 287 g/mol. The van der Waals surface area contributed by atoms with Crippen LogP contribution in [0.5, 0.6) is 5.75 Å². The minimum atomic E-state index is -0.669. The zero-order valence-electron chi connectivity index (χ0n) is 12.4. The Bertz CT molecular complexity index is 420. The quantitative estimate of drug-likeness (QED) is 0.810. The van der Waals surface area contributed by atoms with E-state index >= 15 is 0 Å². The second-order valence-electron chi connectivity index (χ2n) is 5.76. The summed E-state index contributed by atoms with van der Waals surface area (Å²) in [7, 11) is 0. The second kappa shape index (κ2) is 6.99. The third-order valence-electron chi connectivity index (χ3n) is 2.90. The average molecular weight is 287 g/mol. The predicted molar refractivity (Wildman–Crippen MR) is 74.8 cm³/mol. The minimum absolute atomic E-state index is 0.0452. The maximum atomic E-state index is 13.1. The maximum Gasteiger partial charge on any atom is 0.129 e. The molecule has 3 nitrogen and oxygen atoms in total. The summed E-state index contributed by atoms with van der Waals surface area (Å²) in [5, 5.41) is 12.8. The maximum absolute atomic E-state index is 13.1. The molecule has 1 aromatic carbocycles. The van der Waals surface area contributed by atoms with Crippen molar-refractivity contribution in [1.29, 1.82) is 0 Å². The number of aliphatic hydroxyl groups excluding tert-OH is 1. The molecule has 0 saturated heterocycles. The highest BCUT2D eigenvalue weighted by Gasteiger charge is 2.27. The lowest BCUT2D eigenvalue weighted by Crippen LogP contribution is -2.51. The number of nitrogens with one attached hydrogen (secondary N) is 1. The zero-order chi connectivity index (χ0) is 15.3. The van der Waals surface area contributed by atoms with Gasteiger partial charge in [0.05, 0.1) is 12.7 Å². The Hall–Kier alpha value is -1.20. The van der Waals surface area contributed by atoms with Gasteiger partial charge in [0.15, 0.2) is 0 Å². The first-order valence-corrected chi connectivity index (χ1v) is 6.75. The summed E-state index contributed by atoms with van der Waals surface area (Å²) in [4.78, 5) is 0. The van der Waals surface area contributed by atoms with Crippen molar-refractivity contribution in [3.8, 4) is 5.75 Å². The molecule has 0 spiro atoms. The fraction of sp³-hybridized carbons (Fsp3) is 0.600. The lowest BCUT2D eigenvalue weighted by molar-refractivity contribution is 0.104. The normalized spacial score (nSPS) is 16.0. The highest BCUT2D eigenvalue weighted by molar-refractivity contribution is 5.24.